The second kappa shape index (κ2) is 11.8. The largest absolute Gasteiger partial charge is 0.389 e. The summed E-state index contributed by atoms with van der Waals surface area (Å²) in [6.07, 6.45) is 8.11. The Morgan fingerprint density at radius 3 is 2.72 bits per heavy atom. The summed E-state index contributed by atoms with van der Waals surface area (Å²) in [6.45, 7) is 5.83. The van der Waals surface area contributed by atoms with Gasteiger partial charge in [0.15, 0.2) is 22.9 Å². The van der Waals surface area contributed by atoms with Gasteiger partial charge in [0.2, 0.25) is 0 Å². The van der Waals surface area contributed by atoms with Crippen molar-refractivity contribution in [3.63, 3.8) is 0 Å². The lowest BCUT2D eigenvalue weighted by Crippen LogP contribution is -2.29. The molecule has 0 spiro atoms. The number of anilines is 1. The van der Waals surface area contributed by atoms with E-state index >= 15 is 0 Å². The SMILES string of the molecule is CCCCc1c(-c2nc3c(c(-c4ccn(C)n4)nn3CC3CCCN3C)c(=O)[nH]2)noc1-c1c(CCC)sc(N)c1C#N. The smallest absolute Gasteiger partial charge is 0.263 e. The van der Waals surface area contributed by atoms with Crippen molar-refractivity contribution < 1.29 is 4.52 Å². The fourth-order valence-corrected chi connectivity index (χ4v) is 7.10. The van der Waals surface area contributed by atoms with Crippen LogP contribution in [0, 0.1) is 11.3 Å². The molecule has 43 heavy (non-hydrogen) atoms. The molecule has 5 aromatic heterocycles. The predicted octanol–water partition coefficient (Wildman–Crippen LogP) is 4.75. The molecule has 0 radical (unpaired) electrons. The Morgan fingerprint density at radius 1 is 1.21 bits per heavy atom. The number of hydrogen-bond acceptors (Lipinski definition) is 10. The van der Waals surface area contributed by atoms with Gasteiger partial charge in [-0.25, -0.2) is 9.67 Å². The monoisotopic (exact) mass is 600 g/mol. The van der Waals surface area contributed by atoms with Crippen molar-refractivity contribution in [2.75, 3.05) is 19.3 Å². The van der Waals surface area contributed by atoms with Crippen LogP contribution in [0.15, 0.2) is 21.6 Å². The maximum atomic E-state index is 13.8. The molecule has 1 aliphatic heterocycles. The number of thiophene rings is 1. The van der Waals surface area contributed by atoms with E-state index in [9.17, 15) is 10.1 Å². The number of aromatic amines is 1. The number of unbranched alkanes of at least 4 members (excludes halogenated alkanes) is 1. The van der Waals surface area contributed by atoms with Gasteiger partial charge in [0.25, 0.3) is 5.56 Å². The van der Waals surface area contributed by atoms with E-state index < -0.39 is 0 Å². The van der Waals surface area contributed by atoms with Gasteiger partial charge < -0.3 is 20.1 Å². The van der Waals surface area contributed by atoms with Crippen LogP contribution >= 0.6 is 11.3 Å². The van der Waals surface area contributed by atoms with Gasteiger partial charge in [-0.2, -0.15) is 15.5 Å². The molecule has 12 nitrogen and oxygen atoms in total. The zero-order valence-electron chi connectivity index (χ0n) is 25.0. The maximum Gasteiger partial charge on any atom is 0.263 e. The standard InChI is InChI=1S/C30H36N10O2S/c1-5-7-11-18-24(37-42-26(18)22-19(15-31)27(32)43-21(22)9-6-2)28-33-29-23(30(41)34-28)25(20-12-14-39(4)35-20)36-40(29)16-17-10-8-13-38(17)3/h12,14,17H,5-11,13,16,32H2,1-4H3,(H,33,34,41). The number of nitrogens with zero attached hydrogens (tertiary/aromatic N) is 8. The summed E-state index contributed by atoms with van der Waals surface area (Å²) in [4.78, 5) is 25.1. The summed E-state index contributed by atoms with van der Waals surface area (Å²) >= 11 is 1.42. The number of nitriles is 1. The average molecular weight is 601 g/mol. The van der Waals surface area contributed by atoms with Crippen LogP contribution in [0.3, 0.4) is 0 Å². The van der Waals surface area contributed by atoms with Crippen molar-refractivity contribution in [3.8, 4) is 40.3 Å². The molecule has 0 aromatic carbocycles. The molecule has 13 heteroatoms. The lowest BCUT2D eigenvalue weighted by atomic mass is 9.98. The van der Waals surface area contributed by atoms with Gasteiger partial charge in [0, 0.05) is 29.7 Å². The number of likely N-dealkylation sites (N-methyl/N-ethyl adjacent to an activating group) is 1. The Kier molecular flexibility index (Phi) is 7.89. The van der Waals surface area contributed by atoms with Gasteiger partial charge in [-0.1, -0.05) is 31.8 Å². The highest BCUT2D eigenvalue weighted by Gasteiger charge is 2.30. The Labute approximate surface area is 253 Å². The average Bonchev–Trinajstić information content (AvgIpc) is 3.80. The van der Waals surface area contributed by atoms with Crippen molar-refractivity contribution in [3.05, 3.63) is 38.6 Å². The second-order valence-electron chi connectivity index (χ2n) is 11.2. The lowest BCUT2D eigenvalue weighted by molar-refractivity contribution is 0.277. The number of hydrogen-bond donors (Lipinski definition) is 2. The summed E-state index contributed by atoms with van der Waals surface area (Å²) in [5, 5.41) is 24.7. The van der Waals surface area contributed by atoms with E-state index in [1.54, 1.807) is 4.68 Å². The summed E-state index contributed by atoms with van der Waals surface area (Å²) in [7, 11) is 3.95. The van der Waals surface area contributed by atoms with Crippen molar-refractivity contribution in [1.82, 2.24) is 39.6 Å². The Morgan fingerprint density at radius 2 is 2.05 bits per heavy atom. The predicted molar refractivity (Wildman–Crippen MR) is 167 cm³/mol. The minimum absolute atomic E-state index is 0.286. The van der Waals surface area contributed by atoms with Crippen LogP contribution in [0.5, 0.6) is 0 Å². The molecule has 0 bridgehead atoms. The Balaban J connectivity index is 1.55. The maximum absolute atomic E-state index is 13.8. The number of H-pyrrole nitrogens is 1. The van der Waals surface area contributed by atoms with Crippen molar-refractivity contribution in [2.24, 2.45) is 7.05 Å². The fourth-order valence-electron chi connectivity index (χ4n) is 5.98. The molecule has 0 aliphatic carbocycles. The molecule has 1 atom stereocenters. The minimum Gasteiger partial charge on any atom is -0.389 e. The molecule has 1 fully saturated rings. The first-order valence-corrected chi connectivity index (χ1v) is 15.7. The lowest BCUT2D eigenvalue weighted by Gasteiger charge is -2.19. The number of likely N-dealkylation sites (tertiary alicyclic amines) is 1. The normalized spacial score (nSPS) is 15.6. The third-order valence-electron chi connectivity index (χ3n) is 8.23. The van der Waals surface area contributed by atoms with Crippen LogP contribution in [-0.4, -0.2) is 59.2 Å². The molecule has 1 saturated heterocycles. The van der Waals surface area contributed by atoms with Gasteiger partial charge in [-0.3, -0.25) is 9.48 Å². The van der Waals surface area contributed by atoms with Gasteiger partial charge in [-0.05, 0) is 51.8 Å². The molecule has 0 amide bonds. The van der Waals surface area contributed by atoms with Crippen LogP contribution in [-0.2, 0) is 26.4 Å². The summed E-state index contributed by atoms with van der Waals surface area (Å²) in [5.41, 5.74) is 9.92. The van der Waals surface area contributed by atoms with Gasteiger partial charge in [-0.15, -0.1) is 11.3 Å². The van der Waals surface area contributed by atoms with Crippen LogP contribution in [0.2, 0.25) is 0 Å². The number of aryl methyl sites for hydroxylation is 2. The van der Waals surface area contributed by atoms with E-state index in [0.29, 0.717) is 68.8 Å². The molecular formula is C30H36N10O2S. The van der Waals surface area contributed by atoms with Crippen LogP contribution in [0.25, 0.3) is 45.3 Å². The first kappa shape index (κ1) is 28.8. The van der Waals surface area contributed by atoms with E-state index in [4.69, 9.17) is 20.3 Å². The number of nitrogens with two attached hydrogens (primary N) is 1. The summed E-state index contributed by atoms with van der Waals surface area (Å²) in [6, 6.07) is 4.41. The second-order valence-corrected chi connectivity index (χ2v) is 12.4. The van der Waals surface area contributed by atoms with Gasteiger partial charge in [0.05, 0.1) is 17.7 Å². The van der Waals surface area contributed by atoms with E-state index in [-0.39, 0.29) is 11.6 Å². The van der Waals surface area contributed by atoms with Crippen LogP contribution < -0.4 is 11.3 Å². The molecule has 1 aliphatic rings. The molecule has 5 aromatic rings. The van der Waals surface area contributed by atoms with Gasteiger partial charge >= 0.3 is 0 Å². The molecule has 0 saturated carbocycles. The van der Waals surface area contributed by atoms with Gasteiger partial charge in [0.1, 0.15) is 27.8 Å². The van der Waals surface area contributed by atoms with E-state index in [1.807, 2.05) is 24.0 Å². The zero-order chi connectivity index (χ0) is 30.2. The van der Waals surface area contributed by atoms with Crippen LogP contribution in [0.4, 0.5) is 5.00 Å². The summed E-state index contributed by atoms with van der Waals surface area (Å²) < 4.78 is 9.53. The highest BCUT2D eigenvalue weighted by molar-refractivity contribution is 7.16. The molecule has 1 unspecified atom stereocenters. The number of fused-ring (bicyclic) bond motifs is 1. The highest BCUT2D eigenvalue weighted by atomic mass is 32.1. The topological polar surface area (TPSA) is 160 Å². The number of rotatable bonds is 10. The van der Waals surface area contributed by atoms with E-state index in [2.05, 4.69) is 47.1 Å². The molecular weight excluding hydrogens is 564 g/mol. The molecule has 3 N–H and O–H groups in total. The van der Waals surface area contributed by atoms with Crippen molar-refractivity contribution in [1.29, 1.82) is 5.26 Å². The Hall–Kier alpha value is -4.28. The molecule has 6 heterocycles. The number of aromatic nitrogens is 7. The highest BCUT2D eigenvalue weighted by Crippen LogP contribution is 2.43. The minimum atomic E-state index is -0.318. The van der Waals surface area contributed by atoms with E-state index in [1.165, 1.54) is 11.3 Å². The third kappa shape index (κ3) is 5.14. The van der Waals surface area contributed by atoms with E-state index in [0.717, 1.165) is 55.5 Å². The first-order chi connectivity index (χ1) is 20.8. The molecule has 224 valence electrons. The van der Waals surface area contributed by atoms with Crippen LogP contribution in [0.1, 0.15) is 62.0 Å². The fraction of sp³-hybridized carbons (Fsp3) is 0.467. The third-order valence-corrected chi connectivity index (χ3v) is 9.31. The molecule has 6 rings (SSSR count). The van der Waals surface area contributed by atoms with Crippen molar-refractivity contribution >= 4 is 27.4 Å². The number of nitrogens with one attached hydrogen (secondary N) is 1. The zero-order valence-corrected chi connectivity index (χ0v) is 25.8. The van der Waals surface area contributed by atoms with Crippen molar-refractivity contribution in [2.45, 2.75) is 71.4 Å². The Bertz CT molecular complexity index is 1880. The number of nitrogen functional groups attached to an aromatic ring is 1. The first-order valence-electron chi connectivity index (χ1n) is 14.9. The quantitative estimate of drug-likeness (QED) is 0.231. The summed E-state index contributed by atoms with van der Waals surface area (Å²) in [5.74, 6) is 0.834.